The first-order valence-corrected chi connectivity index (χ1v) is 10.4. The van der Waals surface area contributed by atoms with Crippen LogP contribution in [0.3, 0.4) is 0 Å². The standard InChI is InChI=1S/C17H25N3O2.C8H10/c1-12(2)10-19-11-17(22)16(20-13(3)21)8-14-4-6-15(9-18)7-5-14;1-7-3-5-8(2)6-4-7/h4-7,12,16-17,19,22H,8,10-11H2,1-3H3,(H,20,21);3-6H,1-2H3/t16?,17-;/m1./s1. The van der Waals surface area contributed by atoms with Crippen LogP contribution in [-0.4, -0.2) is 36.2 Å². The number of carbonyl (C=O) groups excluding carboxylic acids is 1. The van der Waals surface area contributed by atoms with Crippen molar-refractivity contribution in [1.82, 2.24) is 10.6 Å². The lowest BCUT2D eigenvalue weighted by molar-refractivity contribution is -0.120. The molecule has 0 aliphatic heterocycles. The molecule has 0 aliphatic rings. The third-order valence-electron chi connectivity index (χ3n) is 4.52. The summed E-state index contributed by atoms with van der Waals surface area (Å²) < 4.78 is 0. The van der Waals surface area contributed by atoms with Gasteiger partial charge in [-0.1, -0.05) is 61.4 Å². The van der Waals surface area contributed by atoms with Crippen LogP contribution in [0.4, 0.5) is 0 Å². The summed E-state index contributed by atoms with van der Waals surface area (Å²) in [5, 5.41) is 25.1. The molecule has 2 aromatic rings. The molecule has 0 aromatic heterocycles. The minimum absolute atomic E-state index is 0.165. The quantitative estimate of drug-likeness (QED) is 0.623. The van der Waals surface area contributed by atoms with Crippen molar-refractivity contribution in [2.75, 3.05) is 13.1 Å². The van der Waals surface area contributed by atoms with Crippen LogP contribution in [0, 0.1) is 31.1 Å². The van der Waals surface area contributed by atoms with Crippen molar-refractivity contribution in [2.45, 2.75) is 53.2 Å². The van der Waals surface area contributed by atoms with Crippen molar-refractivity contribution in [1.29, 1.82) is 5.26 Å². The summed E-state index contributed by atoms with van der Waals surface area (Å²) in [5.41, 5.74) is 4.23. The van der Waals surface area contributed by atoms with Crippen LogP contribution in [0.1, 0.15) is 43.0 Å². The van der Waals surface area contributed by atoms with Gasteiger partial charge in [-0.25, -0.2) is 0 Å². The van der Waals surface area contributed by atoms with E-state index in [2.05, 4.69) is 68.7 Å². The number of aryl methyl sites for hydroxylation is 2. The van der Waals surface area contributed by atoms with Gasteiger partial charge in [-0.2, -0.15) is 5.26 Å². The lowest BCUT2D eigenvalue weighted by Crippen LogP contribution is -2.48. The van der Waals surface area contributed by atoms with E-state index >= 15 is 0 Å². The Bertz CT molecular complexity index is 772. The molecule has 0 bridgehead atoms. The van der Waals surface area contributed by atoms with Crippen LogP contribution >= 0.6 is 0 Å². The van der Waals surface area contributed by atoms with Gasteiger partial charge < -0.3 is 15.7 Å². The van der Waals surface area contributed by atoms with Crippen LogP contribution < -0.4 is 10.6 Å². The number of rotatable bonds is 8. The van der Waals surface area contributed by atoms with E-state index in [4.69, 9.17) is 5.26 Å². The van der Waals surface area contributed by atoms with Crippen molar-refractivity contribution in [3.8, 4) is 6.07 Å². The summed E-state index contributed by atoms with van der Waals surface area (Å²) in [4.78, 5) is 11.3. The topological polar surface area (TPSA) is 85.2 Å². The Balaban J connectivity index is 0.000000467. The van der Waals surface area contributed by atoms with E-state index in [1.807, 2.05) is 12.1 Å². The van der Waals surface area contributed by atoms with Crippen molar-refractivity contribution in [2.24, 2.45) is 5.92 Å². The zero-order chi connectivity index (χ0) is 22.5. The average molecular weight is 410 g/mol. The summed E-state index contributed by atoms with van der Waals surface area (Å²) in [6.07, 6.45) is -0.145. The lowest BCUT2D eigenvalue weighted by atomic mass is 10.00. The molecule has 0 fully saturated rings. The highest BCUT2D eigenvalue weighted by Gasteiger charge is 2.20. The van der Waals surface area contributed by atoms with Crippen LogP contribution in [0.15, 0.2) is 48.5 Å². The van der Waals surface area contributed by atoms with Gasteiger partial charge in [-0.05, 0) is 50.4 Å². The van der Waals surface area contributed by atoms with Gasteiger partial charge >= 0.3 is 0 Å². The minimum Gasteiger partial charge on any atom is -0.390 e. The van der Waals surface area contributed by atoms with Crippen LogP contribution in [0.25, 0.3) is 0 Å². The van der Waals surface area contributed by atoms with E-state index in [9.17, 15) is 9.90 Å². The molecule has 30 heavy (non-hydrogen) atoms. The second kappa shape index (κ2) is 13.5. The monoisotopic (exact) mass is 409 g/mol. The molecule has 0 heterocycles. The second-order valence-electron chi connectivity index (χ2n) is 8.09. The number of aliphatic hydroxyl groups excluding tert-OH is 1. The Hall–Kier alpha value is -2.68. The molecule has 2 atom stereocenters. The van der Waals surface area contributed by atoms with Crippen LogP contribution in [-0.2, 0) is 11.2 Å². The van der Waals surface area contributed by atoms with Crippen molar-refractivity contribution in [3.05, 3.63) is 70.8 Å². The maximum atomic E-state index is 11.3. The molecule has 5 heteroatoms. The summed E-state index contributed by atoms with van der Waals surface area (Å²) in [6.45, 7) is 11.1. The van der Waals surface area contributed by atoms with Crippen molar-refractivity contribution in [3.63, 3.8) is 0 Å². The van der Waals surface area contributed by atoms with Crippen molar-refractivity contribution < 1.29 is 9.90 Å². The highest BCUT2D eigenvalue weighted by atomic mass is 16.3. The van der Waals surface area contributed by atoms with Crippen LogP contribution in [0.5, 0.6) is 0 Å². The van der Waals surface area contributed by atoms with Crippen LogP contribution in [0.2, 0.25) is 0 Å². The summed E-state index contributed by atoms with van der Waals surface area (Å²) in [5.74, 6) is 0.339. The largest absolute Gasteiger partial charge is 0.390 e. The van der Waals surface area contributed by atoms with Gasteiger partial charge in [0.15, 0.2) is 0 Å². The molecule has 0 radical (unpaired) electrons. The van der Waals surface area contributed by atoms with E-state index in [0.29, 0.717) is 24.4 Å². The van der Waals surface area contributed by atoms with Gasteiger partial charge in [-0.3, -0.25) is 4.79 Å². The molecule has 162 valence electrons. The van der Waals surface area contributed by atoms with Gasteiger partial charge in [-0.15, -0.1) is 0 Å². The van der Waals surface area contributed by atoms with Gasteiger partial charge in [0.1, 0.15) is 0 Å². The third kappa shape index (κ3) is 10.8. The smallest absolute Gasteiger partial charge is 0.217 e. The van der Waals surface area contributed by atoms with Gasteiger partial charge in [0.25, 0.3) is 0 Å². The van der Waals surface area contributed by atoms with Gasteiger partial charge in [0.05, 0.1) is 23.8 Å². The van der Waals surface area contributed by atoms with Gasteiger partial charge in [0, 0.05) is 13.5 Å². The highest BCUT2D eigenvalue weighted by molar-refractivity contribution is 5.73. The number of nitrogens with zero attached hydrogens (tertiary/aromatic N) is 1. The number of hydrogen-bond donors (Lipinski definition) is 3. The van der Waals surface area contributed by atoms with E-state index in [0.717, 1.165) is 12.1 Å². The highest BCUT2D eigenvalue weighted by Crippen LogP contribution is 2.09. The molecular formula is C25H35N3O2. The molecule has 0 saturated heterocycles. The Morgan fingerprint density at radius 1 is 1.00 bits per heavy atom. The molecule has 2 aromatic carbocycles. The molecule has 3 N–H and O–H groups in total. The fraction of sp³-hybridized carbons (Fsp3) is 0.440. The summed E-state index contributed by atoms with van der Waals surface area (Å²) >= 11 is 0. The molecule has 0 saturated carbocycles. The number of nitrogens with one attached hydrogen (secondary N) is 2. The molecule has 1 unspecified atom stereocenters. The average Bonchev–Trinajstić information content (AvgIpc) is 2.70. The molecule has 1 amide bonds. The number of amides is 1. The summed E-state index contributed by atoms with van der Waals surface area (Å²) in [7, 11) is 0. The fourth-order valence-corrected chi connectivity index (χ4v) is 2.81. The minimum atomic E-state index is -0.668. The Morgan fingerprint density at radius 3 is 1.97 bits per heavy atom. The van der Waals surface area contributed by atoms with Gasteiger partial charge in [0.2, 0.25) is 5.91 Å². The Kier molecular flexibility index (Phi) is 11.4. The zero-order valence-corrected chi connectivity index (χ0v) is 18.8. The lowest BCUT2D eigenvalue weighted by Gasteiger charge is -2.24. The first-order valence-electron chi connectivity index (χ1n) is 10.4. The fourth-order valence-electron chi connectivity index (χ4n) is 2.81. The molecule has 5 nitrogen and oxygen atoms in total. The summed E-state index contributed by atoms with van der Waals surface area (Å²) in [6, 6.07) is 17.4. The van der Waals surface area contributed by atoms with E-state index in [1.165, 1.54) is 18.1 Å². The van der Waals surface area contributed by atoms with E-state index in [-0.39, 0.29) is 11.9 Å². The Morgan fingerprint density at radius 2 is 1.53 bits per heavy atom. The maximum absolute atomic E-state index is 11.3. The van der Waals surface area contributed by atoms with E-state index in [1.54, 1.807) is 12.1 Å². The normalized spacial score (nSPS) is 12.3. The maximum Gasteiger partial charge on any atom is 0.217 e. The number of hydrogen-bond acceptors (Lipinski definition) is 4. The zero-order valence-electron chi connectivity index (χ0n) is 18.8. The number of nitriles is 1. The predicted molar refractivity (Wildman–Crippen MR) is 122 cm³/mol. The van der Waals surface area contributed by atoms with E-state index < -0.39 is 6.10 Å². The van der Waals surface area contributed by atoms with Crippen molar-refractivity contribution >= 4 is 5.91 Å². The number of benzene rings is 2. The predicted octanol–water partition coefficient (Wildman–Crippen LogP) is 3.52. The molecule has 0 spiro atoms. The molecular weight excluding hydrogens is 374 g/mol. The first-order chi connectivity index (χ1) is 14.2. The molecule has 0 aliphatic carbocycles. The molecule has 2 rings (SSSR count). The Labute approximate surface area is 181 Å². The number of carbonyl (C=O) groups is 1. The third-order valence-corrected chi connectivity index (χ3v) is 4.52. The first kappa shape index (κ1) is 25.4. The number of aliphatic hydroxyl groups is 1. The second-order valence-corrected chi connectivity index (χ2v) is 8.09. The SMILES string of the molecule is CC(=O)NC(Cc1ccc(C#N)cc1)[C@H](O)CNCC(C)C.Cc1ccc(C)cc1.